The van der Waals surface area contributed by atoms with Crippen molar-refractivity contribution in [2.24, 2.45) is 0 Å². The van der Waals surface area contributed by atoms with Gasteiger partial charge in [0.05, 0.1) is 4.90 Å². The first-order valence-electron chi connectivity index (χ1n) is 9.86. The molecule has 0 spiro atoms. The van der Waals surface area contributed by atoms with E-state index in [1.165, 1.54) is 44.7 Å². The Morgan fingerprint density at radius 1 is 1.07 bits per heavy atom. The molecule has 166 valence electrons. The number of nitrogens with zero attached hydrogens (tertiary/aromatic N) is 2. The quantitative estimate of drug-likeness (QED) is 0.616. The van der Waals surface area contributed by atoms with Crippen LogP contribution in [0.2, 0.25) is 0 Å². The van der Waals surface area contributed by atoms with E-state index in [4.69, 9.17) is 4.74 Å². The summed E-state index contributed by atoms with van der Waals surface area (Å²) in [6, 6.07) is 5.75. The van der Waals surface area contributed by atoms with Crippen LogP contribution < -0.4 is 5.32 Å². The third kappa shape index (κ3) is 6.53. The molecule has 9 nitrogen and oxygen atoms in total. The van der Waals surface area contributed by atoms with Gasteiger partial charge >= 0.3 is 5.97 Å². The minimum Gasteiger partial charge on any atom is -0.455 e. The fourth-order valence-electron chi connectivity index (χ4n) is 3.32. The number of hydrogen-bond acceptors (Lipinski definition) is 6. The molecule has 1 fully saturated rings. The molecule has 2 rings (SSSR count). The summed E-state index contributed by atoms with van der Waals surface area (Å²) in [6.45, 7) is 0.420. The van der Waals surface area contributed by atoms with Crippen LogP contribution in [-0.2, 0) is 29.1 Å². The molecule has 1 N–H and O–H groups in total. The van der Waals surface area contributed by atoms with Gasteiger partial charge in [0.2, 0.25) is 15.9 Å². The van der Waals surface area contributed by atoms with E-state index in [0.29, 0.717) is 5.69 Å². The zero-order valence-corrected chi connectivity index (χ0v) is 18.4. The van der Waals surface area contributed by atoms with E-state index < -0.39 is 29.1 Å². The Labute approximate surface area is 177 Å². The zero-order chi connectivity index (χ0) is 22.3. The number of esters is 1. The number of benzene rings is 1. The second kappa shape index (κ2) is 10.5. The third-order valence-corrected chi connectivity index (χ3v) is 6.92. The van der Waals surface area contributed by atoms with Crippen molar-refractivity contribution in [3.8, 4) is 0 Å². The average molecular weight is 440 g/mol. The van der Waals surface area contributed by atoms with E-state index in [0.717, 1.165) is 30.0 Å². The molecule has 1 aromatic rings. The maximum Gasteiger partial charge on any atom is 0.321 e. The summed E-state index contributed by atoms with van der Waals surface area (Å²) in [5.41, 5.74) is 0.462. The minimum absolute atomic E-state index is 0.0278. The van der Waals surface area contributed by atoms with Crippen LogP contribution in [0.1, 0.15) is 39.0 Å². The Bertz CT molecular complexity index is 863. The van der Waals surface area contributed by atoms with Crippen molar-refractivity contribution in [3.05, 3.63) is 24.3 Å². The number of rotatable bonds is 8. The summed E-state index contributed by atoms with van der Waals surface area (Å²) in [5, 5.41) is 2.55. The van der Waals surface area contributed by atoms with Crippen LogP contribution in [0, 0.1) is 0 Å². The second-order valence-corrected chi connectivity index (χ2v) is 9.47. The Hall–Kier alpha value is -2.46. The van der Waals surface area contributed by atoms with Crippen molar-refractivity contribution in [3.63, 3.8) is 0 Å². The highest BCUT2D eigenvalue weighted by molar-refractivity contribution is 7.89. The molecule has 2 amide bonds. The average Bonchev–Trinajstić information content (AvgIpc) is 2.72. The van der Waals surface area contributed by atoms with Gasteiger partial charge in [-0.2, -0.15) is 4.31 Å². The highest BCUT2D eigenvalue weighted by atomic mass is 32.2. The van der Waals surface area contributed by atoms with E-state index >= 15 is 0 Å². The second-order valence-electron chi connectivity index (χ2n) is 7.42. The van der Waals surface area contributed by atoms with Crippen LogP contribution in [0.15, 0.2) is 29.2 Å². The van der Waals surface area contributed by atoms with Crippen LogP contribution >= 0.6 is 0 Å². The number of amides is 2. The first-order chi connectivity index (χ1) is 14.1. The number of ether oxygens (including phenoxy) is 1. The first-order valence-corrected chi connectivity index (χ1v) is 11.3. The van der Waals surface area contributed by atoms with E-state index in [1.54, 1.807) is 11.9 Å². The fourth-order valence-corrected chi connectivity index (χ4v) is 4.44. The summed E-state index contributed by atoms with van der Waals surface area (Å²) < 4.78 is 31.1. The van der Waals surface area contributed by atoms with Gasteiger partial charge in [-0.3, -0.25) is 14.4 Å². The summed E-state index contributed by atoms with van der Waals surface area (Å²) in [5.74, 6) is -1.37. The highest BCUT2D eigenvalue weighted by Crippen LogP contribution is 2.21. The molecule has 0 atom stereocenters. The Morgan fingerprint density at radius 3 is 2.23 bits per heavy atom. The largest absolute Gasteiger partial charge is 0.455 e. The monoisotopic (exact) mass is 439 g/mol. The minimum atomic E-state index is -3.93. The maximum atomic E-state index is 12.6. The van der Waals surface area contributed by atoms with Gasteiger partial charge in [0.15, 0.2) is 6.61 Å². The van der Waals surface area contributed by atoms with E-state index in [9.17, 15) is 22.8 Å². The van der Waals surface area contributed by atoms with Crippen LogP contribution in [0.5, 0.6) is 0 Å². The summed E-state index contributed by atoms with van der Waals surface area (Å²) in [4.78, 5) is 36.9. The van der Waals surface area contributed by atoms with Crippen molar-refractivity contribution in [1.29, 1.82) is 0 Å². The lowest BCUT2D eigenvalue weighted by molar-refractivity contribution is -0.152. The lowest BCUT2D eigenvalue weighted by Crippen LogP contribution is -2.41. The molecule has 0 heterocycles. The van der Waals surface area contributed by atoms with Crippen molar-refractivity contribution in [2.75, 3.05) is 32.6 Å². The smallest absolute Gasteiger partial charge is 0.321 e. The lowest BCUT2D eigenvalue weighted by atomic mass is 9.94. The maximum absolute atomic E-state index is 12.6. The van der Waals surface area contributed by atoms with E-state index in [-0.39, 0.29) is 22.8 Å². The van der Waals surface area contributed by atoms with Crippen LogP contribution in [-0.4, -0.2) is 68.7 Å². The molecule has 0 aromatic heterocycles. The number of nitrogens with one attached hydrogen (secondary N) is 1. The Kier molecular flexibility index (Phi) is 8.36. The Balaban J connectivity index is 1.87. The zero-order valence-electron chi connectivity index (χ0n) is 17.6. The molecular weight excluding hydrogens is 410 g/mol. The first kappa shape index (κ1) is 23.8. The fraction of sp³-hybridized carbons (Fsp3) is 0.550. The molecule has 1 saturated carbocycles. The normalized spacial score (nSPS) is 14.9. The lowest BCUT2D eigenvalue weighted by Gasteiger charge is -2.31. The topological polar surface area (TPSA) is 113 Å². The SMILES string of the molecule is CC(=O)Nc1ccc(S(=O)(=O)N(C)CC(=O)OCC(=O)N(C)C2CCCCC2)cc1. The van der Waals surface area contributed by atoms with Crippen LogP contribution in [0.3, 0.4) is 0 Å². The van der Waals surface area contributed by atoms with Crippen LogP contribution in [0.25, 0.3) is 0 Å². The van der Waals surface area contributed by atoms with E-state index in [2.05, 4.69) is 5.32 Å². The molecule has 10 heteroatoms. The molecule has 0 bridgehead atoms. The van der Waals surface area contributed by atoms with Gasteiger partial charge in [-0.25, -0.2) is 8.42 Å². The predicted molar refractivity (Wildman–Crippen MR) is 111 cm³/mol. The standard InChI is InChI=1S/C20H29N3O6S/c1-15(24)21-16-9-11-18(12-10-16)30(27,28)22(2)13-20(26)29-14-19(25)23(3)17-7-5-4-6-8-17/h9-12,17H,4-8,13-14H2,1-3H3,(H,21,24). The molecule has 0 saturated heterocycles. The number of carbonyl (C=O) groups is 3. The highest BCUT2D eigenvalue weighted by Gasteiger charge is 2.26. The molecular formula is C20H29N3O6S. The summed E-state index contributed by atoms with van der Waals surface area (Å²) in [7, 11) is -0.967. The molecule has 0 aliphatic heterocycles. The molecule has 1 aliphatic carbocycles. The molecule has 1 aromatic carbocycles. The van der Waals surface area contributed by atoms with Gasteiger partial charge in [-0.15, -0.1) is 0 Å². The van der Waals surface area contributed by atoms with Crippen LogP contribution in [0.4, 0.5) is 5.69 Å². The van der Waals surface area contributed by atoms with Crippen molar-refractivity contribution < 1.29 is 27.5 Å². The molecule has 1 aliphatic rings. The van der Waals surface area contributed by atoms with Crippen molar-refractivity contribution in [2.45, 2.75) is 50.0 Å². The van der Waals surface area contributed by atoms with Crippen molar-refractivity contribution >= 4 is 33.5 Å². The molecule has 0 unspecified atom stereocenters. The third-order valence-electron chi connectivity index (χ3n) is 5.11. The Morgan fingerprint density at radius 2 is 1.67 bits per heavy atom. The number of hydrogen-bond donors (Lipinski definition) is 1. The van der Waals surface area contributed by atoms with Gasteiger partial charge in [0, 0.05) is 32.7 Å². The number of likely N-dealkylation sites (N-methyl/N-ethyl adjacent to an activating group) is 2. The van der Waals surface area contributed by atoms with Gasteiger partial charge < -0.3 is 15.0 Å². The van der Waals surface area contributed by atoms with Gasteiger partial charge in [0.25, 0.3) is 5.91 Å². The number of carbonyl (C=O) groups excluding carboxylic acids is 3. The number of sulfonamides is 1. The molecule has 30 heavy (non-hydrogen) atoms. The van der Waals surface area contributed by atoms with Gasteiger partial charge in [-0.1, -0.05) is 19.3 Å². The van der Waals surface area contributed by atoms with E-state index in [1.807, 2.05) is 0 Å². The summed E-state index contributed by atoms with van der Waals surface area (Å²) >= 11 is 0. The van der Waals surface area contributed by atoms with Crippen molar-refractivity contribution in [1.82, 2.24) is 9.21 Å². The number of anilines is 1. The molecule has 0 radical (unpaired) electrons. The van der Waals surface area contributed by atoms with Gasteiger partial charge in [0.1, 0.15) is 6.54 Å². The predicted octanol–water partition coefficient (Wildman–Crippen LogP) is 1.60. The summed E-state index contributed by atoms with van der Waals surface area (Å²) in [6.07, 6.45) is 5.22. The van der Waals surface area contributed by atoms with Gasteiger partial charge in [-0.05, 0) is 37.1 Å².